The van der Waals surface area contributed by atoms with Gasteiger partial charge in [-0.3, -0.25) is 14.4 Å². The third kappa shape index (κ3) is 67.1. The maximum Gasteiger partial charge on any atom is 0.306 e. The summed E-state index contributed by atoms with van der Waals surface area (Å²) in [6.45, 7) is 6.43. The van der Waals surface area contributed by atoms with Gasteiger partial charge in [-0.05, 0) is 96.3 Å². The Balaban J connectivity index is 4.28. The third-order valence-electron chi connectivity index (χ3n) is 15.3. The summed E-state index contributed by atoms with van der Waals surface area (Å²) in [6, 6.07) is 0. The lowest BCUT2D eigenvalue weighted by molar-refractivity contribution is -0.167. The van der Waals surface area contributed by atoms with E-state index in [1.807, 2.05) is 0 Å². The highest BCUT2D eigenvalue weighted by Gasteiger charge is 2.19. The predicted octanol–water partition coefficient (Wildman–Crippen LogP) is 24.4. The van der Waals surface area contributed by atoms with E-state index < -0.39 is 6.10 Å². The van der Waals surface area contributed by atoms with Crippen molar-refractivity contribution in [2.45, 2.75) is 354 Å². The van der Waals surface area contributed by atoms with Gasteiger partial charge in [0.2, 0.25) is 0 Å². The first-order valence-corrected chi connectivity index (χ1v) is 35.2. The van der Waals surface area contributed by atoms with Crippen LogP contribution in [0, 0.1) is 0 Å². The van der Waals surface area contributed by atoms with E-state index >= 15 is 0 Å². The number of ether oxygens (including phenoxy) is 3. The summed E-state index contributed by atoms with van der Waals surface area (Å²) in [4.78, 5) is 38.4. The predicted molar refractivity (Wildman–Crippen MR) is 357 cm³/mol. The van der Waals surface area contributed by atoms with Crippen LogP contribution in [0.3, 0.4) is 0 Å². The molecule has 0 spiro atoms. The molecule has 1 unspecified atom stereocenters. The molecule has 0 aromatic rings. The fourth-order valence-corrected chi connectivity index (χ4v) is 10.1. The molecule has 0 aliphatic rings. The van der Waals surface area contributed by atoms with Crippen LogP contribution in [0.15, 0.2) is 97.2 Å². The molecule has 0 aromatic carbocycles. The highest BCUT2D eigenvalue weighted by Crippen LogP contribution is 2.18. The maximum absolute atomic E-state index is 13.0. The minimum atomic E-state index is -0.794. The van der Waals surface area contributed by atoms with E-state index in [9.17, 15) is 14.4 Å². The molecule has 82 heavy (non-hydrogen) atoms. The Hall–Kier alpha value is -3.67. The largest absolute Gasteiger partial charge is 0.462 e. The standard InChI is InChI=1S/C76H132O6/c1-4-7-10-13-16-19-22-25-28-30-32-34-35-36-37-38-39-40-41-42-44-45-48-51-54-57-60-63-66-69-75(78)81-72-73(71-80-74(77)68-65-62-59-56-53-50-47-27-24-21-18-15-12-9-6-3)82-76(79)70-67-64-61-58-55-52-49-46-43-33-31-29-26-23-20-17-14-11-8-5-2/h7,9-10,12,16,18-19,21,25,27-28,32,34,47,53,56,73H,4-6,8,11,13-15,17,20,22-24,26,29-31,33,35-46,48-52,54-55,57-72H2,1-3H3/b10-7-,12-9-,19-16-,21-18-,28-25-,34-32-,47-27-,56-53-. The fraction of sp³-hybridized carbons (Fsp3) is 0.750. The maximum atomic E-state index is 13.0. The topological polar surface area (TPSA) is 78.9 Å². The van der Waals surface area contributed by atoms with Gasteiger partial charge in [-0.1, -0.05) is 330 Å². The minimum Gasteiger partial charge on any atom is -0.462 e. The summed E-state index contributed by atoms with van der Waals surface area (Å²) < 4.78 is 17.0. The van der Waals surface area contributed by atoms with Crippen molar-refractivity contribution in [1.29, 1.82) is 0 Å². The highest BCUT2D eigenvalue weighted by atomic mass is 16.6. The number of carbonyl (C=O) groups is 3. The van der Waals surface area contributed by atoms with E-state index in [1.165, 1.54) is 199 Å². The number of hydrogen-bond donors (Lipinski definition) is 0. The van der Waals surface area contributed by atoms with Crippen LogP contribution in [-0.2, 0) is 28.6 Å². The summed E-state index contributed by atoms with van der Waals surface area (Å²) in [5, 5.41) is 0. The second-order valence-electron chi connectivity index (χ2n) is 23.4. The molecule has 0 aliphatic heterocycles. The molecule has 0 fully saturated rings. The Labute approximate surface area is 508 Å². The molecule has 0 aromatic heterocycles. The van der Waals surface area contributed by atoms with Gasteiger partial charge in [-0.2, -0.15) is 0 Å². The van der Waals surface area contributed by atoms with Crippen molar-refractivity contribution in [3.63, 3.8) is 0 Å². The number of carbonyl (C=O) groups excluding carboxylic acids is 3. The van der Waals surface area contributed by atoms with Crippen LogP contribution in [0.4, 0.5) is 0 Å². The summed E-state index contributed by atoms with van der Waals surface area (Å²) in [6.07, 6.45) is 94.4. The number of esters is 3. The normalized spacial score (nSPS) is 12.7. The Kier molecular flexibility index (Phi) is 66.7. The van der Waals surface area contributed by atoms with Gasteiger partial charge < -0.3 is 14.2 Å². The van der Waals surface area contributed by atoms with Crippen molar-refractivity contribution in [3.05, 3.63) is 97.2 Å². The molecular weight excluding hydrogens is 1010 g/mol. The summed E-state index contributed by atoms with van der Waals surface area (Å²) >= 11 is 0. The molecule has 0 saturated heterocycles. The SMILES string of the molecule is CC/C=C\C/C=C\C/C=C\C/C=C\CCCCCCCCCCCCCCCCCCC(=O)OCC(COC(=O)CCCC/C=C\C/C=C\C/C=C\C/C=C\CC)OC(=O)CCCCCCCCCCCCCCCCCCCCCC. The molecule has 0 N–H and O–H groups in total. The Morgan fingerprint density at radius 2 is 0.476 bits per heavy atom. The van der Waals surface area contributed by atoms with Crippen LogP contribution < -0.4 is 0 Å². The van der Waals surface area contributed by atoms with E-state index in [0.717, 1.165) is 109 Å². The Morgan fingerprint density at radius 1 is 0.256 bits per heavy atom. The highest BCUT2D eigenvalue weighted by molar-refractivity contribution is 5.71. The van der Waals surface area contributed by atoms with E-state index in [1.54, 1.807) is 0 Å². The van der Waals surface area contributed by atoms with Crippen molar-refractivity contribution in [1.82, 2.24) is 0 Å². The van der Waals surface area contributed by atoms with Crippen molar-refractivity contribution in [2.75, 3.05) is 13.2 Å². The number of rotatable bonds is 64. The molecule has 472 valence electrons. The van der Waals surface area contributed by atoms with Gasteiger partial charge in [0.25, 0.3) is 0 Å². The average Bonchev–Trinajstić information content (AvgIpc) is 3.47. The van der Waals surface area contributed by atoms with E-state index in [-0.39, 0.29) is 31.1 Å². The van der Waals surface area contributed by atoms with Crippen LogP contribution >= 0.6 is 0 Å². The fourth-order valence-electron chi connectivity index (χ4n) is 10.1. The van der Waals surface area contributed by atoms with Gasteiger partial charge in [0.15, 0.2) is 6.10 Å². The minimum absolute atomic E-state index is 0.0866. The van der Waals surface area contributed by atoms with Gasteiger partial charge in [0.05, 0.1) is 0 Å². The molecule has 0 rings (SSSR count). The van der Waals surface area contributed by atoms with Gasteiger partial charge in [-0.25, -0.2) is 0 Å². The lowest BCUT2D eigenvalue weighted by Crippen LogP contribution is -2.30. The molecule has 0 bridgehead atoms. The van der Waals surface area contributed by atoms with Crippen LogP contribution in [-0.4, -0.2) is 37.2 Å². The number of allylic oxidation sites excluding steroid dienone is 16. The van der Waals surface area contributed by atoms with Crippen LogP contribution in [0.2, 0.25) is 0 Å². The Bertz CT molecular complexity index is 1590. The van der Waals surface area contributed by atoms with Gasteiger partial charge >= 0.3 is 17.9 Å². The van der Waals surface area contributed by atoms with Crippen LogP contribution in [0.1, 0.15) is 348 Å². The molecule has 0 amide bonds. The van der Waals surface area contributed by atoms with Crippen molar-refractivity contribution < 1.29 is 28.6 Å². The Morgan fingerprint density at radius 3 is 0.768 bits per heavy atom. The van der Waals surface area contributed by atoms with Gasteiger partial charge in [-0.15, -0.1) is 0 Å². The molecule has 0 aliphatic carbocycles. The zero-order chi connectivity index (χ0) is 59.2. The van der Waals surface area contributed by atoms with Crippen molar-refractivity contribution >= 4 is 17.9 Å². The molecular formula is C76H132O6. The monoisotopic (exact) mass is 1140 g/mol. The van der Waals surface area contributed by atoms with Gasteiger partial charge in [0, 0.05) is 19.3 Å². The van der Waals surface area contributed by atoms with Crippen LogP contribution in [0.5, 0.6) is 0 Å². The van der Waals surface area contributed by atoms with Crippen LogP contribution in [0.25, 0.3) is 0 Å². The van der Waals surface area contributed by atoms with Crippen molar-refractivity contribution in [2.24, 2.45) is 0 Å². The molecule has 6 nitrogen and oxygen atoms in total. The molecule has 0 radical (unpaired) electrons. The molecule has 6 heteroatoms. The first-order chi connectivity index (χ1) is 40.5. The second-order valence-corrected chi connectivity index (χ2v) is 23.4. The van der Waals surface area contributed by atoms with Gasteiger partial charge in [0.1, 0.15) is 13.2 Å². The number of unbranched alkanes of at least 4 members (excludes halogenated alkanes) is 37. The summed E-state index contributed by atoms with van der Waals surface area (Å²) in [5.74, 6) is -0.911. The van der Waals surface area contributed by atoms with E-state index in [2.05, 4.69) is 118 Å². The zero-order valence-electron chi connectivity index (χ0n) is 54.2. The van der Waals surface area contributed by atoms with E-state index in [4.69, 9.17) is 14.2 Å². The molecule has 1 atom stereocenters. The summed E-state index contributed by atoms with van der Waals surface area (Å²) in [5.41, 5.74) is 0. The summed E-state index contributed by atoms with van der Waals surface area (Å²) in [7, 11) is 0. The number of hydrogen-bond acceptors (Lipinski definition) is 6. The zero-order valence-corrected chi connectivity index (χ0v) is 54.2. The first kappa shape index (κ1) is 78.3. The average molecular weight is 1140 g/mol. The molecule has 0 heterocycles. The second kappa shape index (κ2) is 69.8. The lowest BCUT2D eigenvalue weighted by Gasteiger charge is -2.18. The molecule has 0 saturated carbocycles. The van der Waals surface area contributed by atoms with E-state index in [0.29, 0.717) is 19.3 Å². The smallest absolute Gasteiger partial charge is 0.306 e. The quantitative estimate of drug-likeness (QED) is 0.0261. The first-order valence-electron chi connectivity index (χ1n) is 35.2. The lowest BCUT2D eigenvalue weighted by atomic mass is 10.0. The van der Waals surface area contributed by atoms with Crippen molar-refractivity contribution in [3.8, 4) is 0 Å². The third-order valence-corrected chi connectivity index (χ3v) is 15.3.